The number of hydrogen-bond acceptors (Lipinski definition) is 2. The fraction of sp³-hybridized carbons (Fsp3) is 0.250. The van der Waals surface area contributed by atoms with Crippen LogP contribution in [0.2, 0.25) is 0 Å². The van der Waals surface area contributed by atoms with Crippen molar-refractivity contribution in [3.05, 3.63) is 41.7 Å². The minimum atomic E-state index is -0.867. The largest absolute Gasteiger partial charge is 0.360 e. The van der Waals surface area contributed by atoms with Crippen LogP contribution in [0.3, 0.4) is 0 Å². The molecule has 1 aromatic heterocycles. The topological polar surface area (TPSA) is 26.0 Å². The van der Waals surface area contributed by atoms with E-state index in [0.717, 1.165) is 30.7 Å². The molecule has 1 aromatic carbocycles. The first-order chi connectivity index (χ1) is 7.74. The first-order valence-corrected chi connectivity index (χ1v) is 5.16. The first kappa shape index (κ1) is 9.51. The molecule has 0 atom stereocenters. The van der Waals surface area contributed by atoms with Crippen molar-refractivity contribution in [2.45, 2.75) is 18.8 Å². The molecule has 0 amide bonds. The van der Waals surface area contributed by atoms with Crippen LogP contribution < -0.4 is 0 Å². The van der Waals surface area contributed by atoms with Gasteiger partial charge >= 0.3 is 0 Å². The molecule has 2 nitrogen and oxygen atoms in total. The summed E-state index contributed by atoms with van der Waals surface area (Å²) in [5.41, 5.74) is 1.09. The van der Waals surface area contributed by atoms with Crippen LogP contribution in [0.4, 0.5) is 8.78 Å². The maximum Gasteiger partial charge on any atom is 0.159 e. The summed E-state index contributed by atoms with van der Waals surface area (Å²) in [6.07, 6.45) is 2.23. The molecule has 0 spiro atoms. The molecule has 1 aliphatic rings. The van der Waals surface area contributed by atoms with Crippen molar-refractivity contribution < 1.29 is 13.3 Å². The summed E-state index contributed by atoms with van der Waals surface area (Å²) in [6.45, 7) is 0. The Morgan fingerprint density at radius 3 is 2.62 bits per heavy atom. The van der Waals surface area contributed by atoms with Gasteiger partial charge in [-0.3, -0.25) is 0 Å². The average Bonchev–Trinajstić information content (AvgIpc) is 3.01. The summed E-state index contributed by atoms with van der Waals surface area (Å²) in [4.78, 5) is 0. The second-order valence-corrected chi connectivity index (χ2v) is 4.02. The van der Waals surface area contributed by atoms with E-state index in [-0.39, 0.29) is 0 Å². The van der Waals surface area contributed by atoms with Gasteiger partial charge in [-0.25, -0.2) is 8.78 Å². The molecule has 0 unspecified atom stereocenters. The van der Waals surface area contributed by atoms with Gasteiger partial charge in [0.2, 0.25) is 0 Å². The van der Waals surface area contributed by atoms with E-state index in [1.54, 1.807) is 6.07 Å². The Morgan fingerprint density at radius 1 is 1.12 bits per heavy atom. The number of nitrogens with zero attached hydrogens (tertiary/aromatic N) is 1. The van der Waals surface area contributed by atoms with Crippen LogP contribution in [0.15, 0.2) is 28.8 Å². The zero-order valence-electron chi connectivity index (χ0n) is 8.41. The van der Waals surface area contributed by atoms with Gasteiger partial charge in [0.25, 0.3) is 0 Å². The molecule has 0 aliphatic heterocycles. The van der Waals surface area contributed by atoms with E-state index >= 15 is 0 Å². The molecule has 3 rings (SSSR count). The summed E-state index contributed by atoms with van der Waals surface area (Å²) < 4.78 is 30.9. The molecule has 4 heteroatoms. The molecule has 0 radical (unpaired) electrons. The van der Waals surface area contributed by atoms with Gasteiger partial charge in [-0.2, -0.15) is 0 Å². The normalized spacial score (nSPS) is 15.4. The van der Waals surface area contributed by atoms with E-state index in [2.05, 4.69) is 5.16 Å². The molecule has 2 aromatic rings. The second kappa shape index (κ2) is 3.40. The van der Waals surface area contributed by atoms with Gasteiger partial charge in [-0.05, 0) is 31.0 Å². The maximum absolute atomic E-state index is 13.0. The Morgan fingerprint density at radius 2 is 1.94 bits per heavy atom. The number of aromatic nitrogens is 1. The maximum atomic E-state index is 13.0. The molecule has 0 saturated heterocycles. The van der Waals surface area contributed by atoms with Crippen LogP contribution >= 0.6 is 0 Å². The third kappa shape index (κ3) is 1.60. The Balaban J connectivity index is 1.97. The molecular weight excluding hydrogens is 212 g/mol. The molecule has 1 aliphatic carbocycles. The second-order valence-electron chi connectivity index (χ2n) is 4.02. The van der Waals surface area contributed by atoms with Gasteiger partial charge in [0.05, 0.1) is 0 Å². The van der Waals surface area contributed by atoms with Crippen molar-refractivity contribution in [1.29, 1.82) is 0 Å². The van der Waals surface area contributed by atoms with Crippen LogP contribution in [0.5, 0.6) is 0 Å². The zero-order valence-corrected chi connectivity index (χ0v) is 8.41. The monoisotopic (exact) mass is 221 g/mol. The van der Waals surface area contributed by atoms with Crippen LogP contribution in [0.1, 0.15) is 24.5 Å². The quantitative estimate of drug-likeness (QED) is 0.775. The lowest BCUT2D eigenvalue weighted by atomic mass is 10.1. The van der Waals surface area contributed by atoms with E-state index in [4.69, 9.17) is 4.52 Å². The van der Waals surface area contributed by atoms with Crippen molar-refractivity contribution in [2.24, 2.45) is 0 Å². The predicted octanol–water partition coefficient (Wildman–Crippen LogP) is 3.50. The van der Waals surface area contributed by atoms with Gasteiger partial charge in [0, 0.05) is 17.5 Å². The average molecular weight is 221 g/mol. The van der Waals surface area contributed by atoms with Crippen molar-refractivity contribution in [3.63, 3.8) is 0 Å². The van der Waals surface area contributed by atoms with E-state index < -0.39 is 11.6 Å². The fourth-order valence-corrected chi connectivity index (χ4v) is 1.64. The van der Waals surface area contributed by atoms with Crippen LogP contribution in [-0.4, -0.2) is 5.16 Å². The number of rotatable bonds is 2. The summed E-state index contributed by atoms with van der Waals surface area (Å²) >= 11 is 0. The number of hydrogen-bond donors (Lipinski definition) is 0. The van der Waals surface area contributed by atoms with E-state index in [1.165, 1.54) is 6.07 Å². The van der Waals surface area contributed by atoms with Gasteiger partial charge in [-0.1, -0.05) is 5.16 Å². The third-order valence-corrected chi connectivity index (χ3v) is 2.72. The molecule has 1 fully saturated rings. The highest BCUT2D eigenvalue weighted by atomic mass is 19.2. The molecule has 1 heterocycles. The standard InChI is InChI=1S/C12H9F2NO/c13-9-4-3-8(5-10(9)14)11-6-12(16-15-11)7-1-2-7/h3-7H,1-2H2. The first-order valence-electron chi connectivity index (χ1n) is 5.16. The van der Waals surface area contributed by atoms with Gasteiger partial charge in [0.1, 0.15) is 11.5 Å². The Kier molecular flexibility index (Phi) is 2.02. The van der Waals surface area contributed by atoms with Crippen LogP contribution in [-0.2, 0) is 0 Å². The highest BCUT2D eigenvalue weighted by Crippen LogP contribution is 2.41. The molecule has 16 heavy (non-hydrogen) atoms. The lowest BCUT2D eigenvalue weighted by Crippen LogP contribution is -1.84. The van der Waals surface area contributed by atoms with Gasteiger partial charge < -0.3 is 4.52 Å². The van der Waals surface area contributed by atoms with Crippen molar-refractivity contribution in [1.82, 2.24) is 5.16 Å². The van der Waals surface area contributed by atoms with E-state index in [9.17, 15) is 8.78 Å². The van der Waals surface area contributed by atoms with Crippen molar-refractivity contribution in [3.8, 4) is 11.3 Å². The predicted molar refractivity (Wildman–Crippen MR) is 53.8 cm³/mol. The Hall–Kier alpha value is -1.71. The van der Waals surface area contributed by atoms with Crippen LogP contribution in [0, 0.1) is 11.6 Å². The molecule has 0 N–H and O–H groups in total. The van der Waals surface area contributed by atoms with E-state index in [0.29, 0.717) is 17.2 Å². The Bertz CT molecular complexity index is 532. The summed E-state index contributed by atoms with van der Waals surface area (Å²) in [5, 5.41) is 3.85. The van der Waals surface area contributed by atoms with Crippen LogP contribution in [0.25, 0.3) is 11.3 Å². The fourth-order valence-electron chi connectivity index (χ4n) is 1.64. The lowest BCUT2D eigenvalue weighted by Gasteiger charge is -1.96. The number of halogens is 2. The minimum Gasteiger partial charge on any atom is -0.360 e. The summed E-state index contributed by atoms with van der Waals surface area (Å²) in [6, 6.07) is 5.51. The highest BCUT2D eigenvalue weighted by molar-refractivity contribution is 5.59. The molecule has 82 valence electrons. The van der Waals surface area contributed by atoms with Crippen molar-refractivity contribution in [2.75, 3.05) is 0 Å². The van der Waals surface area contributed by atoms with Crippen molar-refractivity contribution >= 4 is 0 Å². The highest BCUT2D eigenvalue weighted by Gasteiger charge is 2.28. The van der Waals surface area contributed by atoms with Gasteiger partial charge in [-0.15, -0.1) is 0 Å². The smallest absolute Gasteiger partial charge is 0.159 e. The van der Waals surface area contributed by atoms with Gasteiger partial charge in [0.15, 0.2) is 11.6 Å². The minimum absolute atomic E-state index is 0.464. The summed E-state index contributed by atoms with van der Waals surface area (Å²) in [7, 11) is 0. The number of benzene rings is 1. The molecule has 1 saturated carbocycles. The third-order valence-electron chi connectivity index (χ3n) is 2.72. The molecular formula is C12H9F2NO. The SMILES string of the molecule is Fc1ccc(-c2cc(C3CC3)on2)cc1F. The summed E-state index contributed by atoms with van der Waals surface area (Å²) in [5.74, 6) is -0.422. The zero-order chi connectivity index (χ0) is 11.1. The van der Waals surface area contributed by atoms with E-state index in [1.807, 2.05) is 0 Å². The molecule has 0 bridgehead atoms. The lowest BCUT2D eigenvalue weighted by molar-refractivity contribution is 0.386. The Labute approximate surface area is 90.9 Å².